The number of ether oxygens (including phenoxy) is 1. The molecule has 0 bridgehead atoms. The number of benzene rings is 1. The SMILES string of the molecule is Cc1cc(C#N)c(O)c(C)c1Oc1cc(Cl)nc(Cl)n1. The predicted octanol–water partition coefficient (Wildman–Crippen LogP) is 3.77. The molecule has 2 rings (SSSR count). The summed E-state index contributed by atoms with van der Waals surface area (Å²) in [4.78, 5) is 7.60. The molecule has 0 fully saturated rings. The molecular formula is C13H9Cl2N3O2. The van der Waals surface area contributed by atoms with Gasteiger partial charge < -0.3 is 9.84 Å². The molecule has 0 saturated carbocycles. The van der Waals surface area contributed by atoms with Gasteiger partial charge in [-0.2, -0.15) is 10.2 Å². The van der Waals surface area contributed by atoms with Crippen molar-refractivity contribution < 1.29 is 9.84 Å². The Hall–Kier alpha value is -2.03. The zero-order chi connectivity index (χ0) is 14.9. The fourth-order valence-corrected chi connectivity index (χ4v) is 2.12. The van der Waals surface area contributed by atoms with Crippen molar-refractivity contribution in [2.24, 2.45) is 0 Å². The molecule has 2 aromatic rings. The lowest BCUT2D eigenvalue weighted by atomic mass is 10.0. The highest BCUT2D eigenvalue weighted by atomic mass is 35.5. The average molecular weight is 310 g/mol. The first-order valence-electron chi connectivity index (χ1n) is 5.53. The van der Waals surface area contributed by atoms with Crippen LogP contribution in [0.25, 0.3) is 0 Å². The Bertz CT molecular complexity index is 706. The van der Waals surface area contributed by atoms with Crippen LogP contribution in [0, 0.1) is 25.2 Å². The molecule has 0 saturated heterocycles. The summed E-state index contributed by atoms with van der Waals surface area (Å²) in [6.45, 7) is 3.40. The van der Waals surface area contributed by atoms with E-state index in [1.807, 2.05) is 6.07 Å². The van der Waals surface area contributed by atoms with Gasteiger partial charge in [-0.3, -0.25) is 0 Å². The lowest BCUT2D eigenvalue weighted by Crippen LogP contribution is -1.96. The standard InChI is InChI=1S/C13H9Cl2N3O2/c1-6-3-8(5-16)11(19)7(2)12(6)20-10-4-9(14)17-13(15)18-10/h3-4,19H,1-2H3. The molecule has 0 aliphatic heterocycles. The van der Waals surface area contributed by atoms with E-state index in [9.17, 15) is 5.11 Å². The summed E-state index contributed by atoms with van der Waals surface area (Å²) in [5.74, 6) is 0.428. The fraction of sp³-hybridized carbons (Fsp3) is 0.154. The van der Waals surface area contributed by atoms with Crippen molar-refractivity contribution in [3.05, 3.63) is 39.3 Å². The molecule has 7 heteroatoms. The Morgan fingerprint density at radius 1 is 1.25 bits per heavy atom. The molecular weight excluding hydrogens is 301 g/mol. The van der Waals surface area contributed by atoms with Gasteiger partial charge in [0.15, 0.2) is 0 Å². The molecule has 0 aliphatic rings. The highest BCUT2D eigenvalue weighted by molar-refractivity contribution is 6.31. The maximum atomic E-state index is 9.90. The van der Waals surface area contributed by atoms with Crippen LogP contribution in [-0.2, 0) is 0 Å². The first kappa shape index (κ1) is 14.4. The normalized spacial score (nSPS) is 10.2. The minimum atomic E-state index is -0.126. The molecule has 1 aromatic heterocycles. The van der Waals surface area contributed by atoms with E-state index in [0.29, 0.717) is 16.9 Å². The molecule has 5 nitrogen and oxygen atoms in total. The Balaban J connectivity index is 2.49. The van der Waals surface area contributed by atoms with E-state index in [1.165, 1.54) is 12.1 Å². The Kier molecular flexibility index (Phi) is 3.98. The Morgan fingerprint density at radius 2 is 1.95 bits per heavy atom. The van der Waals surface area contributed by atoms with Gasteiger partial charge in [0, 0.05) is 11.6 Å². The first-order valence-corrected chi connectivity index (χ1v) is 6.29. The van der Waals surface area contributed by atoms with Gasteiger partial charge in [-0.15, -0.1) is 0 Å². The number of phenolic OH excluding ortho intramolecular Hbond substituents is 1. The second-order valence-electron chi connectivity index (χ2n) is 4.06. The van der Waals surface area contributed by atoms with Crippen molar-refractivity contribution in [2.45, 2.75) is 13.8 Å². The number of halogens is 2. The zero-order valence-corrected chi connectivity index (χ0v) is 12.1. The van der Waals surface area contributed by atoms with E-state index >= 15 is 0 Å². The highest BCUT2D eigenvalue weighted by Gasteiger charge is 2.15. The summed E-state index contributed by atoms with van der Waals surface area (Å²) < 4.78 is 5.59. The molecule has 0 unspecified atom stereocenters. The van der Waals surface area contributed by atoms with E-state index in [2.05, 4.69) is 9.97 Å². The first-order chi connectivity index (χ1) is 9.42. The summed E-state index contributed by atoms with van der Waals surface area (Å²) in [5.41, 5.74) is 1.31. The van der Waals surface area contributed by atoms with Gasteiger partial charge in [-0.1, -0.05) is 11.6 Å². The number of nitriles is 1. The fourth-order valence-electron chi connectivity index (χ4n) is 1.73. The maximum absolute atomic E-state index is 9.90. The molecule has 0 amide bonds. The van der Waals surface area contributed by atoms with Gasteiger partial charge in [0.25, 0.3) is 0 Å². The summed E-state index contributed by atoms with van der Waals surface area (Å²) in [5, 5.41) is 18.9. The monoisotopic (exact) mass is 309 g/mol. The molecule has 20 heavy (non-hydrogen) atoms. The molecule has 0 aliphatic carbocycles. The maximum Gasteiger partial charge on any atom is 0.227 e. The lowest BCUT2D eigenvalue weighted by molar-refractivity contribution is 0.435. The van der Waals surface area contributed by atoms with Gasteiger partial charge in [0.1, 0.15) is 22.7 Å². The number of phenols is 1. The van der Waals surface area contributed by atoms with Crippen molar-refractivity contribution >= 4 is 23.2 Å². The van der Waals surface area contributed by atoms with Gasteiger partial charge >= 0.3 is 0 Å². The number of aromatic nitrogens is 2. The quantitative estimate of drug-likeness (QED) is 0.674. The van der Waals surface area contributed by atoms with Gasteiger partial charge in [-0.25, -0.2) is 4.98 Å². The van der Waals surface area contributed by atoms with E-state index in [-0.39, 0.29) is 27.6 Å². The van der Waals surface area contributed by atoms with Crippen LogP contribution in [-0.4, -0.2) is 15.1 Å². The zero-order valence-electron chi connectivity index (χ0n) is 10.6. The minimum absolute atomic E-state index is 0.0410. The molecule has 0 atom stereocenters. The molecule has 1 aromatic carbocycles. The lowest BCUT2D eigenvalue weighted by Gasteiger charge is -2.13. The van der Waals surface area contributed by atoms with Crippen molar-refractivity contribution in [3.8, 4) is 23.4 Å². The number of aromatic hydroxyl groups is 1. The van der Waals surface area contributed by atoms with Gasteiger partial charge in [0.2, 0.25) is 11.2 Å². The number of hydrogen-bond donors (Lipinski definition) is 1. The van der Waals surface area contributed by atoms with Crippen LogP contribution in [0.2, 0.25) is 10.4 Å². The van der Waals surface area contributed by atoms with Crippen molar-refractivity contribution in [1.29, 1.82) is 5.26 Å². The Morgan fingerprint density at radius 3 is 2.55 bits per heavy atom. The molecule has 0 radical (unpaired) electrons. The van der Waals surface area contributed by atoms with Crippen LogP contribution in [0.3, 0.4) is 0 Å². The second-order valence-corrected chi connectivity index (χ2v) is 4.78. The van der Waals surface area contributed by atoms with Crippen molar-refractivity contribution in [1.82, 2.24) is 9.97 Å². The largest absolute Gasteiger partial charge is 0.506 e. The van der Waals surface area contributed by atoms with Gasteiger partial charge in [0.05, 0.1) is 5.56 Å². The third-order valence-electron chi connectivity index (χ3n) is 2.64. The number of aryl methyl sites for hydroxylation is 1. The topological polar surface area (TPSA) is 79.0 Å². The Labute approximate surface area is 125 Å². The van der Waals surface area contributed by atoms with Crippen molar-refractivity contribution in [3.63, 3.8) is 0 Å². The van der Waals surface area contributed by atoms with Gasteiger partial charge in [-0.05, 0) is 37.1 Å². The van der Waals surface area contributed by atoms with Crippen molar-refractivity contribution in [2.75, 3.05) is 0 Å². The average Bonchev–Trinajstić information content (AvgIpc) is 2.38. The summed E-state index contributed by atoms with van der Waals surface area (Å²) >= 11 is 11.5. The number of nitrogens with zero attached hydrogens (tertiary/aromatic N) is 3. The second kappa shape index (κ2) is 5.53. The highest BCUT2D eigenvalue weighted by Crippen LogP contribution is 2.36. The summed E-state index contributed by atoms with van der Waals surface area (Å²) in [6.07, 6.45) is 0. The third kappa shape index (κ3) is 2.77. The number of hydrogen-bond acceptors (Lipinski definition) is 5. The minimum Gasteiger partial charge on any atom is -0.506 e. The van der Waals surface area contributed by atoms with E-state index in [1.54, 1.807) is 13.8 Å². The van der Waals surface area contributed by atoms with Crippen LogP contribution in [0.4, 0.5) is 0 Å². The predicted molar refractivity (Wildman–Crippen MR) is 74.4 cm³/mol. The molecule has 1 heterocycles. The smallest absolute Gasteiger partial charge is 0.227 e. The number of rotatable bonds is 2. The summed E-state index contributed by atoms with van der Waals surface area (Å²) in [7, 11) is 0. The molecule has 102 valence electrons. The summed E-state index contributed by atoms with van der Waals surface area (Å²) in [6, 6.07) is 4.85. The van der Waals surface area contributed by atoms with E-state index < -0.39 is 0 Å². The molecule has 0 spiro atoms. The van der Waals surface area contributed by atoms with Crippen LogP contribution >= 0.6 is 23.2 Å². The van der Waals surface area contributed by atoms with Crippen LogP contribution < -0.4 is 4.74 Å². The van der Waals surface area contributed by atoms with E-state index in [0.717, 1.165) is 0 Å². The molecule has 1 N–H and O–H groups in total. The van der Waals surface area contributed by atoms with Crippen LogP contribution in [0.1, 0.15) is 16.7 Å². The van der Waals surface area contributed by atoms with Crippen LogP contribution in [0.5, 0.6) is 17.4 Å². The van der Waals surface area contributed by atoms with E-state index in [4.69, 9.17) is 33.2 Å². The third-order valence-corrected chi connectivity index (χ3v) is 3.00. The van der Waals surface area contributed by atoms with Crippen LogP contribution in [0.15, 0.2) is 12.1 Å².